The minimum atomic E-state index is -1.24. The zero-order valence-corrected chi connectivity index (χ0v) is 20.2. The van der Waals surface area contributed by atoms with Gasteiger partial charge >= 0.3 is 0 Å². The van der Waals surface area contributed by atoms with Crippen molar-refractivity contribution in [3.63, 3.8) is 0 Å². The molecule has 1 aliphatic carbocycles. The number of hydrogen-bond acceptors (Lipinski definition) is 3. The zero-order valence-electron chi connectivity index (χ0n) is 20.2. The maximum Gasteiger partial charge on any atom is 0.278 e. The molecule has 2 aromatic carbocycles. The number of aromatic nitrogens is 1. The van der Waals surface area contributed by atoms with Gasteiger partial charge in [-0.3, -0.25) is 19.3 Å². The third-order valence-corrected chi connectivity index (χ3v) is 7.16. The molecule has 1 saturated carbocycles. The summed E-state index contributed by atoms with van der Waals surface area (Å²) in [5.41, 5.74) is 1.44. The molecular weight excluding hydrogens is 447 g/mol. The average molecular weight is 477 g/mol. The van der Waals surface area contributed by atoms with Crippen molar-refractivity contribution in [2.24, 2.45) is 0 Å². The fraction of sp³-hybridized carbons (Fsp3) is 0.370. The molecule has 182 valence electrons. The van der Waals surface area contributed by atoms with Crippen molar-refractivity contribution < 1.29 is 18.8 Å². The van der Waals surface area contributed by atoms with Crippen LogP contribution in [0.25, 0.3) is 10.9 Å². The molecule has 0 unspecified atom stereocenters. The lowest BCUT2D eigenvalue weighted by atomic mass is 9.93. The van der Waals surface area contributed by atoms with Crippen LogP contribution in [0.15, 0.2) is 42.5 Å². The van der Waals surface area contributed by atoms with Gasteiger partial charge in [0.05, 0.1) is 17.7 Å². The summed E-state index contributed by atoms with van der Waals surface area (Å²) in [4.78, 5) is 41.6. The minimum absolute atomic E-state index is 0.0844. The number of anilines is 2. The summed E-state index contributed by atoms with van der Waals surface area (Å²) in [6.07, 6.45) is 3.98. The molecule has 2 heterocycles. The highest BCUT2D eigenvalue weighted by atomic mass is 19.1. The first-order valence-electron chi connectivity index (χ1n) is 12.0. The molecular formula is C27H29FN4O3. The SMILES string of the molecule is CC(=O)Nc1c2n(c3ccc(F)cc13)C[C@@](C)(C(=O)NC1CCCC1)N(c1ccc(C)cc1)C2=O. The van der Waals surface area contributed by atoms with Crippen LogP contribution >= 0.6 is 0 Å². The second-order valence-corrected chi connectivity index (χ2v) is 9.86. The topological polar surface area (TPSA) is 83.4 Å². The number of carbonyl (C=O) groups excluding carboxylic acids is 3. The second-order valence-electron chi connectivity index (χ2n) is 9.86. The van der Waals surface area contributed by atoms with Crippen LogP contribution in [0.5, 0.6) is 0 Å². The molecule has 1 aromatic heterocycles. The molecule has 0 bridgehead atoms. The minimum Gasteiger partial charge on any atom is -0.351 e. The van der Waals surface area contributed by atoms with Crippen LogP contribution in [0.1, 0.15) is 55.6 Å². The number of aryl methyl sites for hydroxylation is 1. The molecule has 2 N–H and O–H groups in total. The van der Waals surface area contributed by atoms with Crippen molar-refractivity contribution in [2.75, 3.05) is 10.2 Å². The number of hydrogen-bond donors (Lipinski definition) is 2. The Bertz CT molecular complexity index is 1340. The highest BCUT2D eigenvalue weighted by Crippen LogP contribution is 2.41. The van der Waals surface area contributed by atoms with Gasteiger partial charge in [-0.05, 0) is 57.0 Å². The van der Waals surface area contributed by atoms with Gasteiger partial charge in [0, 0.05) is 24.0 Å². The van der Waals surface area contributed by atoms with E-state index < -0.39 is 17.3 Å². The van der Waals surface area contributed by atoms with E-state index in [2.05, 4.69) is 10.6 Å². The maximum atomic E-state index is 14.2. The van der Waals surface area contributed by atoms with Gasteiger partial charge in [0.2, 0.25) is 11.8 Å². The van der Waals surface area contributed by atoms with E-state index in [4.69, 9.17) is 0 Å². The molecule has 1 fully saturated rings. The van der Waals surface area contributed by atoms with Crippen molar-refractivity contribution in [2.45, 2.75) is 64.6 Å². The van der Waals surface area contributed by atoms with Gasteiger partial charge in [0.25, 0.3) is 5.91 Å². The standard InChI is InChI=1S/C27H29FN4O3/c1-16-8-11-20(12-9-16)32-25(34)24-23(29-17(2)33)21-14-18(28)10-13-22(21)31(24)15-27(32,3)26(35)30-19-6-4-5-7-19/h8-14,19H,4-7,15H2,1-3H3,(H,29,33)(H,30,35)/t27-/m0/s1. The van der Waals surface area contributed by atoms with Gasteiger partial charge in [-0.1, -0.05) is 30.5 Å². The Labute approximate surface area is 203 Å². The van der Waals surface area contributed by atoms with Crippen LogP contribution in [0.3, 0.4) is 0 Å². The third kappa shape index (κ3) is 3.87. The monoisotopic (exact) mass is 476 g/mol. The van der Waals surface area contributed by atoms with E-state index in [0.29, 0.717) is 16.6 Å². The van der Waals surface area contributed by atoms with Crippen molar-refractivity contribution in [1.29, 1.82) is 0 Å². The van der Waals surface area contributed by atoms with Crippen LogP contribution in [0.4, 0.5) is 15.8 Å². The van der Waals surface area contributed by atoms with Crippen molar-refractivity contribution >= 4 is 40.0 Å². The van der Waals surface area contributed by atoms with E-state index in [1.54, 1.807) is 17.6 Å². The lowest BCUT2D eigenvalue weighted by Crippen LogP contribution is -2.65. The van der Waals surface area contributed by atoms with E-state index in [-0.39, 0.29) is 35.8 Å². The molecule has 5 rings (SSSR count). The summed E-state index contributed by atoms with van der Waals surface area (Å²) >= 11 is 0. The molecule has 3 aromatic rings. The van der Waals surface area contributed by atoms with Crippen LogP contribution in [-0.4, -0.2) is 33.9 Å². The number of nitrogens with zero attached hydrogens (tertiary/aromatic N) is 2. The van der Waals surface area contributed by atoms with Gasteiger partial charge in [-0.2, -0.15) is 0 Å². The molecule has 35 heavy (non-hydrogen) atoms. The molecule has 1 atom stereocenters. The van der Waals surface area contributed by atoms with Crippen LogP contribution < -0.4 is 15.5 Å². The predicted octanol–water partition coefficient (Wildman–Crippen LogP) is 4.53. The Kier molecular flexibility index (Phi) is 5.62. The van der Waals surface area contributed by atoms with Crippen molar-refractivity contribution in [3.05, 3.63) is 59.5 Å². The first-order chi connectivity index (χ1) is 16.7. The average Bonchev–Trinajstić information content (AvgIpc) is 3.41. The predicted molar refractivity (Wildman–Crippen MR) is 133 cm³/mol. The first kappa shape index (κ1) is 23.1. The summed E-state index contributed by atoms with van der Waals surface area (Å²) in [5, 5.41) is 6.33. The Balaban J connectivity index is 1.71. The first-order valence-corrected chi connectivity index (χ1v) is 12.0. The van der Waals surface area contributed by atoms with E-state index in [9.17, 15) is 18.8 Å². The number of rotatable bonds is 4. The summed E-state index contributed by atoms with van der Waals surface area (Å²) in [6, 6.07) is 11.7. The van der Waals surface area contributed by atoms with Crippen molar-refractivity contribution in [1.82, 2.24) is 9.88 Å². The third-order valence-electron chi connectivity index (χ3n) is 7.16. The largest absolute Gasteiger partial charge is 0.351 e. The Hall–Kier alpha value is -3.68. The van der Waals surface area contributed by atoms with E-state index >= 15 is 0 Å². The molecule has 1 aliphatic heterocycles. The maximum absolute atomic E-state index is 14.2. The molecule has 0 spiro atoms. The smallest absolute Gasteiger partial charge is 0.278 e. The molecule has 0 radical (unpaired) electrons. The number of fused-ring (bicyclic) bond motifs is 3. The van der Waals surface area contributed by atoms with Gasteiger partial charge in [-0.15, -0.1) is 0 Å². The second kappa shape index (κ2) is 8.52. The Morgan fingerprint density at radius 3 is 2.43 bits per heavy atom. The summed E-state index contributed by atoms with van der Waals surface area (Å²) in [7, 11) is 0. The highest BCUT2D eigenvalue weighted by molar-refractivity contribution is 6.20. The number of nitrogens with one attached hydrogen (secondary N) is 2. The lowest BCUT2D eigenvalue weighted by Gasteiger charge is -2.44. The van der Waals surface area contributed by atoms with Gasteiger partial charge in [0.15, 0.2) is 0 Å². The normalized spacial score (nSPS) is 20.2. The summed E-state index contributed by atoms with van der Waals surface area (Å²) in [6.45, 7) is 5.22. The van der Waals surface area contributed by atoms with Crippen LogP contribution in [0, 0.1) is 12.7 Å². The van der Waals surface area contributed by atoms with E-state index in [0.717, 1.165) is 31.2 Å². The van der Waals surface area contributed by atoms with Gasteiger partial charge in [0.1, 0.15) is 17.1 Å². The Morgan fingerprint density at radius 2 is 1.77 bits per heavy atom. The quantitative estimate of drug-likeness (QED) is 0.581. The number of carbonyl (C=O) groups is 3. The highest BCUT2D eigenvalue weighted by Gasteiger charge is 2.50. The van der Waals surface area contributed by atoms with E-state index in [1.807, 2.05) is 31.2 Å². The number of benzene rings is 2. The molecule has 2 aliphatic rings. The molecule has 8 heteroatoms. The molecule has 7 nitrogen and oxygen atoms in total. The molecule has 0 saturated heterocycles. The van der Waals surface area contributed by atoms with E-state index in [1.165, 1.54) is 24.0 Å². The molecule has 3 amide bonds. The number of amides is 3. The Morgan fingerprint density at radius 1 is 1.09 bits per heavy atom. The fourth-order valence-electron chi connectivity index (χ4n) is 5.41. The van der Waals surface area contributed by atoms with Gasteiger partial charge < -0.3 is 15.2 Å². The van der Waals surface area contributed by atoms with Crippen molar-refractivity contribution in [3.8, 4) is 0 Å². The fourth-order valence-corrected chi connectivity index (χ4v) is 5.41. The van der Waals surface area contributed by atoms with Crippen LogP contribution in [-0.2, 0) is 16.1 Å². The summed E-state index contributed by atoms with van der Waals surface area (Å²) in [5.74, 6) is -1.50. The van der Waals surface area contributed by atoms with Crippen LogP contribution in [0.2, 0.25) is 0 Å². The summed E-state index contributed by atoms with van der Waals surface area (Å²) < 4.78 is 16.0. The zero-order chi connectivity index (χ0) is 24.9. The van der Waals surface area contributed by atoms with Gasteiger partial charge in [-0.25, -0.2) is 4.39 Å². The number of halogens is 1. The lowest BCUT2D eigenvalue weighted by molar-refractivity contribution is -0.127.